The normalized spacial score (nSPS) is 20.0. The number of carbonyl (C=O) groups is 1. The second-order valence-electron chi connectivity index (χ2n) is 4.27. The molecule has 0 heterocycles. The van der Waals surface area contributed by atoms with E-state index in [9.17, 15) is 4.79 Å². The third-order valence-electron chi connectivity index (χ3n) is 3.23. The minimum Gasteiger partial charge on any atom is -0.349 e. The van der Waals surface area contributed by atoms with Crippen molar-refractivity contribution in [1.29, 1.82) is 0 Å². The number of rotatable bonds is 3. The fourth-order valence-electron chi connectivity index (χ4n) is 1.89. The Morgan fingerprint density at radius 2 is 2.27 bits per heavy atom. The molecule has 0 fully saturated rings. The Morgan fingerprint density at radius 1 is 1.53 bits per heavy atom. The van der Waals surface area contributed by atoms with Crippen LogP contribution >= 0.6 is 0 Å². The first-order chi connectivity index (χ1) is 7.22. The summed E-state index contributed by atoms with van der Waals surface area (Å²) in [5.74, 6) is 0.301. The summed E-state index contributed by atoms with van der Waals surface area (Å²) in [6, 6.07) is 8.55. The Kier molecular flexibility index (Phi) is 2.76. The molecule has 0 aliphatic heterocycles. The molecular weight excluding hydrogens is 186 g/mol. The summed E-state index contributed by atoms with van der Waals surface area (Å²) in [6.07, 6.45) is 1.89. The zero-order valence-corrected chi connectivity index (χ0v) is 9.29. The van der Waals surface area contributed by atoms with Gasteiger partial charge in [0.05, 0.1) is 6.04 Å². The molecule has 0 aromatic heterocycles. The van der Waals surface area contributed by atoms with Gasteiger partial charge in [-0.1, -0.05) is 38.1 Å². The van der Waals surface area contributed by atoms with Gasteiger partial charge in [-0.05, 0) is 24.0 Å². The average molecular weight is 203 g/mol. The summed E-state index contributed by atoms with van der Waals surface area (Å²) in [5.41, 5.74) is 2.65. The first-order valence-electron chi connectivity index (χ1n) is 5.60. The largest absolute Gasteiger partial charge is 0.349 e. The quantitative estimate of drug-likeness (QED) is 0.803. The Morgan fingerprint density at radius 3 is 2.93 bits per heavy atom. The second kappa shape index (κ2) is 4.05. The number of carbonyl (C=O) groups excluding carboxylic acids is 1. The van der Waals surface area contributed by atoms with Crippen LogP contribution in [0.1, 0.15) is 37.4 Å². The van der Waals surface area contributed by atoms with Gasteiger partial charge in [-0.3, -0.25) is 4.79 Å². The van der Waals surface area contributed by atoms with Gasteiger partial charge >= 0.3 is 0 Å². The van der Waals surface area contributed by atoms with Crippen molar-refractivity contribution < 1.29 is 4.79 Å². The lowest BCUT2D eigenvalue weighted by molar-refractivity contribution is -0.125. The third-order valence-corrected chi connectivity index (χ3v) is 3.23. The molecule has 2 rings (SSSR count). The number of amides is 1. The number of nitrogens with one attached hydrogen (secondary N) is 1. The zero-order valence-electron chi connectivity index (χ0n) is 9.29. The van der Waals surface area contributed by atoms with Crippen molar-refractivity contribution in [2.75, 3.05) is 0 Å². The van der Waals surface area contributed by atoms with E-state index in [2.05, 4.69) is 17.4 Å². The fourth-order valence-corrected chi connectivity index (χ4v) is 1.89. The zero-order chi connectivity index (χ0) is 10.8. The van der Waals surface area contributed by atoms with Gasteiger partial charge in [0.2, 0.25) is 5.91 Å². The standard InChI is InChI=1S/C13H17NO/c1-3-9(2)13(15)14-12-8-10-6-4-5-7-11(10)12/h4-7,9,12H,3,8H2,1-2H3,(H,14,15). The van der Waals surface area contributed by atoms with Crippen molar-refractivity contribution in [1.82, 2.24) is 5.32 Å². The Balaban J connectivity index is 1.98. The van der Waals surface area contributed by atoms with Gasteiger partial charge in [-0.2, -0.15) is 0 Å². The molecule has 0 radical (unpaired) electrons. The highest BCUT2D eigenvalue weighted by Gasteiger charge is 2.27. The lowest BCUT2D eigenvalue weighted by Gasteiger charge is -2.31. The highest BCUT2D eigenvalue weighted by atomic mass is 16.1. The molecule has 0 saturated heterocycles. The van der Waals surface area contributed by atoms with E-state index in [-0.39, 0.29) is 17.9 Å². The number of benzene rings is 1. The first kappa shape index (κ1) is 10.2. The van der Waals surface area contributed by atoms with E-state index in [4.69, 9.17) is 0 Å². The summed E-state index contributed by atoms with van der Waals surface area (Å²) >= 11 is 0. The van der Waals surface area contributed by atoms with E-state index in [0.717, 1.165) is 12.8 Å². The number of fused-ring (bicyclic) bond motifs is 1. The molecule has 1 aliphatic carbocycles. The van der Waals surface area contributed by atoms with Crippen LogP contribution in [0.3, 0.4) is 0 Å². The maximum atomic E-state index is 11.7. The van der Waals surface area contributed by atoms with Gasteiger partial charge in [0.25, 0.3) is 0 Å². The van der Waals surface area contributed by atoms with Crippen molar-refractivity contribution in [2.45, 2.75) is 32.7 Å². The fraction of sp³-hybridized carbons (Fsp3) is 0.462. The summed E-state index contributed by atoms with van der Waals surface area (Å²) in [5, 5.41) is 3.08. The highest BCUT2D eigenvalue weighted by Crippen LogP contribution is 2.32. The molecule has 1 aliphatic rings. The molecule has 15 heavy (non-hydrogen) atoms. The van der Waals surface area contributed by atoms with Gasteiger partial charge in [0.15, 0.2) is 0 Å². The molecule has 0 spiro atoms. The summed E-state index contributed by atoms with van der Waals surface area (Å²) < 4.78 is 0. The van der Waals surface area contributed by atoms with Crippen molar-refractivity contribution >= 4 is 5.91 Å². The van der Waals surface area contributed by atoms with Gasteiger partial charge in [0, 0.05) is 5.92 Å². The van der Waals surface area contributed by atoms with E-state index < -0.39 is 0 Å². The van der Waals surface area contributed by atoms with Crippen LogP contribution in [-0.4, -0.2) is 5.91 Å². The Bertz CT molecular complexity index is 373. The van der Waals surface area contributed by atoms with Gasteiger partial charge < -0.3 is 5.32 Å². The summed E-state index contributed by atoms with van der Waals surface area (Å²) in [4.78, 5) is 11.7. The van der Waals surface area contributed by atoms with Crippen molar-refractivity contribution in [3.8, 4) is 0 Å². The maximum Gasteiger partial charge on any atom is 0.223 e. The van der Waals surface area contributed by atoms with Crippen LogP contribution in [0.25, 0.3) is 0 Å². The minimum atomic E-state index is 0.123. The average Bonchev–Trinajstić information content (AvgIpc) is 2.24. The molecular formula is C13H17NO. The van der Waals surface area contributed by atoms with E-state index in [1.165, 1.54) is 11.1 Å². The van der Waals surface area contributed by atoms with Crippen LogP contribution in [0.15, 0.2) is 24.3 Å². The molecule has 1 amide bonds. The third kappa shape index (κ3) is 1.89. The van der Waals surface area contributed by atoms with Crippen LogP contribution in [0.2, 0.25) is 0 Å². The van der Waals surface area contributed by atoms with E-state index in [0.29, 0.717) is 0 Å². The molecule has 80 valence electrons. The van der Waals surface area contributed by atoms with Gasteiger partial charge in [-0.15, -0.1) is 0 Å². The van der Waals surface area contributed by atoms with Crippen LogP contribution in [-0.2, 0) is 11.2 Å². The van der Waals surface area contributed by atoms with Crippen molar-refractivity contribution in [2.24, 2.45) is 5.92 Å². The van der Waals surface area contributed by atoms with Crippen LogP contribution < -0.4 is 5.32 Å². The van der Waals surface area contributed by atoms with Crippen LogP contribution in [0, 0.1) is 5.92 Å². The predicted molar refractivity (Wildman–Crippen MR) is 60.5 cm³/mol. The predicted octanol–water partition coefficient (Wildman–Crippen LogP) is 2.45. The van der Waals surface area contributed by atoms with Gasteiger partial charge in [0.1, 0.15) is 0 Å². The maximum absolute atomic E-state index is 11.7. The molecule has 0 bridgehead atoms. The monoisotopic (exact) mass is 203 g/mol. The number of hydrogen-bond acceptors (Lipinski definition) is 1. The lowest BCUT2D eigenvalue weighted by atomic mass is 9.83. The highest BCUT2D eigenvalue weighted by molar-refractivity contribution is 5.79. The van der Waals surface area contributed by atoms with E-state index in [1.54, 1.807) is 0 Å². The molecule has 1 aromatic carbocycles. The van der Waals surface area contributed by atoms with E-state index >= 15 is 0 Å². The van der Waals surface area contributed by atoms with Crippen molar-refractivity contribution in [3.63, 3.8) is 0 Å². The number of hydrogen-bond donors (Lipinski definition) is 1. The molecule has 2 nitrogen and oxygen atoms in total. The first-order valence-corrected chi connectivity index (χ1v) is 5.60. The molecule has 2 heteroatoms. The van der Waals surface area contributed by atoms with Crippen LogP contribution in [0.4, 0.5) is 0 Å². The van der Waals surface area contributed by atoms with Crippen molar-refractivity contribution in [3.05, 3.63) is 35.4 Å². The molecule has 2 unspecified atom stereocenters. The summed E-state index contributed by atoms with van der Waals surface area (Å²) in [6.45, 7) is 4.01. The minimum absolute atomic E-state index is 0.123. The molecule has 1 N–H and O–H groups in total. The Labute approximate surface area is 90.7 Å². The second-order valence-corrected chi connectivity index (χ2v) is 4.27. The topological polar surface area (TPSA) is 29.1 Å². The lowest BCUT2D eigenvalue weighted by Crippen LogP contribution is -2.38. The summed E-state index contributed by atoms with van der Waals surface area (Å²) in [7, 11) is 0. The molecule has 2 atom stereocenters. The molecule has 0 saturated carbocycles. The smallest absolute Gasteiger partial charge is 0.223 e. The SMILES string of the molecule is CCC(C)C(=O)NC1Cc2ccccc21. The Hall–Kier alpha value is -1.31. The molecule has 1 aromatic rings. The van der Waals surface area contributed by atoms with Gasteiger partial charge in [-0.25, -0.2) is 0 Å². The van der Waals surface area contributed by atoms with Crippen LogP contribution in [0.5, 0.6) is 0 Å². The van der Waals surface area contributed by atoms with E-state index in [1.807, 2.05) is 26.0 Å².